The number of pyridine rings is 1. The third kappa shape index (κ3) is 2.63. The molecule has 0 saturated heterocycles. The van der Waals surface area contributed by atoms with Gasteiger partial charge in [-0.2, -0.15) is 5.10 Å². The van der Waals surface area contributed by atoms with Crippen molar-refractivity contribution in [3.8, 4) is 5.75 Å². The van der Waals surface area contributed by atoms with Gasteiger partial charge in [-0.25, -0.2) is 0 Å². The van der Waals surface area contributed by atoms with Gasteiger partial charge in [0.1, 0.15) is 5.75 Å². The maximum Gasteiger partial charge on any atom is 0.272 e. The largest absolute Gasteiger partial charge is 0.497 e. The van der Waals surface area contributed by atoms with E-state index >= 15 is 0 Å². The summed E-state index contributed by atoms with van der Waals surface area (Å²) in [5.74, 6) is 0.550. The molecule has 2 heterocycles. The maximum atomic E-state index is 12.4. The van der Waals surface area contributed by atoms with Crippen LogP contribution in [0.4, 0.5) is 0 Å². The van der Waals surface area contributed by atoms with Crippen LogP contribution in [0.3, 0.4) is 0 Å². The normalized spacial score (nSPS) is 12.1. The highest BCUT2D eigenvalue weighted by Gasteiger charge is 2.17. The van der Waals surface area contributed by atoms with E-state index in [-0.39, 0.29) is 11.9 Å². The Hall–Kier alpha value is -2.89. The lowest BCUT2D eigenvalue weighted by Crippen LogP contribution is -2.27. The first-order valence-corrected chi connectivity index (χ1v) is 6.92. The molecule has 0 aliphatic heterocycles. The van der Waals surface area contributed by atoms with Gasteiger partial charge in [-0.3, -0.25) is 14.9 Å². The Morgan fingerprint density at radius 1 is 1.27 bits per heavy atom. The van der Waals surface area contributed by atoms with Crippen LogP contribution in [0.15, 0.2) is 42.7 Å². The highest BCUT2D eigenvalue weighted by Crippen LogP contribution is 2.19. The summed E-state index contributed by atoms with van der Waals surface area (Å²) < 4.78 is 5.13. The van der Waals surface area contributed by atoms with E-state index in [9.17, 15) is 4.79 Å². The Morgan fingerprint density at radius 2 is 2.05 bits per heavy atom. The molecular weight excluding hydrogens is 280 g/mol. The number of nitrogens with one attached hydrogen (secondary N) is 2. The second-order valence-corrected chi connectivity index (χ2v) is 4.96. The van der Waals surface area contributed by atoms with Gasteiger partial charge < -0.3 is 10.1 Å². The van der Waals surface area contributed by atoms with Gasteiger partial charge in [-0.1, -0.05) is 12.1 Å². The molecule has 0 spiro atoms. The predicted molar refractivity (Wildman–Crippen MR) is 82.8 cm³/mol. The number of carbonyl (C=O) groups excluding carboxylic acids is 1. The molecule has 112 valence electrons. The third-order valence-electron chi connectivity index (χ3n) is 3.54. The number of methoxy groups -OCH3 is 1. The molecule has 1 aromatic carbocycles. The van der Waals surface area contributed by atoms with Gasteiger partial charge >= 0.3 is 0 Å². The van der Waals surface area contributed by atoms with Crippen LogP contribution in [0, 0.1) is 0 Å². The van der Waals surface area contributed by atoms with Gasteiger partial charge in [-0.15, -0.1) is 0 Å². The molecule has 6 heteroatoms. The standard InChI is InChI=1S/C16H16N4O2/c1-10(11-3-5-12(22-2)6-4-11)18-16(21)15-13-9-17-8-7-14(13)19-20-15/h3-10H,1-2H3,(H,18,21)(H,19,20). The second kappa shape index (κ2) is 5.85. The minimum atomic E-state index is -0.234. The first kappa shape index (κ1) is 14.1. The van der Waals surface area contributed by atoms with Crippen molar-refractivity contribution < 1.29 is 9.53 Å². The van der Waals surface area contributed by atoms with Crippen molar-refractivity contribution in [1.29, 1.82) is 0 Å². The Bertz CT molecular complexity index is 795. The molecule has 0 saturated carbocycles. The summed E-state index contributed by atoms with van der Waals surface area (Å²) in [4.78, 5) is 16.4. The highest BCUT2D eigenvalue weighted by atomic mass is 16.5. The molecule has 0 aliphatic carbocycles. The number of ether oxygens (including phenoxy) is 1. The number of nitrogens with zero attached hydrogens (tertiary/aromatic N) is 2. The molecule has 0 bridgehead atoms. The van der Waals surface area contributed by atoms with Crippen molar-refractivity contribution in [3.63, 3.8) is 0 Å². The summed E-state index contributed by atoms with van der Waals surface area (Å²) >= 11 is 0. The number of hydrogen-bond acceptors (Lipinski definition) is 4. The Morgan fingerprint density at radius 3 is 2.77 bits per heavy atom. The van der Waals surface area contributed by atoms with Crippen LogP contribution >= 0.6 is 0 Å². The monoisotopic (exact) mass is 296 g/mol. The summed E-state index contributed by atoms with van der Waals surface area (Å²) in [5, 5.41) is 10.6. The molecule has 3 rings (SSSR count). The molecule has 0 aliphatic rings. The van der Waals surface area contributed by atoms with Crippen LogP contribution in [0.5, 0.6) is 5.75 Å². The molecule has 1 amide bonds. The van der Waals surface area contributed by atoms with Gasteiger partial charge in [0, 0.05) is 12.4 Å². The van der Waals surface area contributed by atoms with Crippen molar-refractivity contribution in [2.24, 2.45) is 0 Å². The van der Waals surface area contributed by atoms with Crippen LogP contribution in [0.2, 0.25) is 0 Å². The SMILES string of the molecule is COc1ccc(C(C)NC(=O)c2n[nH]c3ccncc23)cc1. The lowest BCUT2D eigenvalue weighted by molar-refractivity contribution is 0.0936. The number of carbonyl (C=O) groups is 1. The van der Waals surface area contributed by atoms with E-state index in [1.165, 1.54) is 0 Å². The van der Waals surface area contributed by atoms with E-state index in [1.54, 1.807) is 25.6 Å². The minimum absolute atomic E-state index is 0.137. The fourth-order valence-corrected chi connectivity index (χ4v) is 2.27. The summed E-state index contributed by atoms with van der Waals surface area (Å²) in [6.07, 6.45) is 3.29. The third-order valence-corrected chi connectivity index (χ3v) is 3.54. The van der Waals surface area contributed by atoms with E-state index < -0.39 is 0 Å². The number of benzene rings is 1. The second-order valence-electron chi connectivity index (χ2n) is 4.96. The van der Waals surface area contributed by atoms with Crippen LogP contribution < -0.4 is 10.1 Å². The fourth-order valence-electron chi connectivity index (χ4n) is 2.27. The van der Waals surface area contributed by atoms with Crippen LogP contribution in [-0.4, -0.2) is 28.2 Å². The average molecular weight is 296 g/mol. The topological polar surface area (TPSA) is 79.9 Å². The quantitative estimate of drug-likeness (QED) is 0.775. The molecule has 22 heavy (non-hydrogen) atoms. The van der Waals surface area contributed by atoms with Gasteiger partial charge in [0.2, 0.25) is 0 Å². The molecule has 1 atom stereocenters. The molecule has 0 fully saturated rings. The Balaban J connectivity index is 1.78. The van der Waals surface area contributed by atoms with Gasteiger partial charge in [-0.05, 0) is 30.7 Å². The number of fused-ring (bicyclic) bond motifs is 1. The van der Waals surface area contributed by atoms with Crippen LogP contribution in [0.25, 0.3) is 10.9 Å². The van der Waals surface area contributed by atoms with Crippen LogP contribution in [-0.2, 0) is 0 Å². The zero-order chi connectivity index (χ0) is 15.5. The van der Waals surface area contributed by atoms with Crippen molar-refractivity contribution in [2.45, 2.75) is 13.0 Å². The maximum absolute atomic E-state index is 12.4. The van der Waals surface area contributed by atoms with E-state index in [1.807, 2.05) is 31.2 Å². The average Bonchev–Trinajstić information content (AvgIpc) is 2.99. The zero-order valence-electron chi connectivity index (χ0n) is 12.3. The molecule has 1 unspecified atom stereocenters. The first-order valence-electron chi connectivity index (χ1n) is 6.92. The molecule has 3 aromatic rings. The molecule has 0 radical (unpaired) electrons. The summed E-state index contributed by atoms with van der Waals surface area (Å²) in [6.45, 7) is 1.92. The predicted octanol–water partition coefficient (Wildman–Crippen LogP) is 2.46. The van der Waals surface area contributed by atoms with Crippen molar-refractivity contribution in [1.82, 2.24) is 20.5 Å². The van der Waals surface area contributed by atoms with Crippen molar-refractivity contribution in [2.75, 3.05) is 7.11 Å². The summed E-state index contributed by atoms with van der Waals surface area (Å²) in [7, 11) is 1.62. The number of amides is 1. The minimum Gasteiger partial charge on any atom is -0.497 e. The Labute approximate surface area is 127 Å². The van der Waals surface area contributed by atoms with Crippen molar-refractivity contribution >= 4 is 16.8 Å². The number of hydrogen-bond donors (Lipinski definition) is 2. The smallest absolute Gasteiger partial charge is 0.272 e. The van der Waals surface area contributed by atoms with E-state index in [0.717, 1.165) is 16.8 Å². The Kier molecular flexibility index (Phi) is 3.74. The lowest BCUT2D eigenvalue weighted by Gasteiger charge is -2.14. The molecule has 2 N–H and O–H groups in total. The summed E-state index contributed by atoms with van der Waals surface area (Å²) in [5.41, 5.74) is 2.13. The first-order chi connectivity index (χ1) is 10.7. The van der Waals surface area contributed by atoms with Crippen molar-refractivity contribution in [3.05, 3.63) is 54.0 Å². The number of aromatic nitrogens is 3. The van der Waals surface area contributed by atoms with Gasteiger partial charge in [0.05, 0.1) is 24.1 Å². The van der Waals surface area contributed by atoms with Gasteiger partial charge in [0.25, 0.3) is 5.91 Å². The van der Waals surface area contributed by atoms with E-state index in [4.69, 9.17) is 4.74 Å². The molecular formula is C16H16N4O2. The lowest BCUT2D eigenvalue weighted by atomic mass is 10.1. The molecule has 2 aromatic heterocycles. The van der Waals surface area contributed by atoms with E-state index in [2.05, 4.69) is 20.5 Å². The zero-order valence-corrected chi connectivity index (χ0v) is 12.3. The number of aromatic amines is 1. The number of H-pyrrole nitrogens is 1. The fraction of sp³-hybridized carbons (Fsp3) is 0.188. The van der Waals surface area contributed by atoms with Gasteiger partial charge in [0.15, 0.2) is 5.69 Å². The highest BCUT2D eigenvalue weighted by molar-refractivity contribution is 6.04. The molecule has 6 nitrogen and oxygen atoms in total. The van der Waals surface area contributed by atoms with Crippen LogP contribution in [0.1, 0.15) is 29.0 Å². The van der Waals surface area contributed by atoms with E-state index in [0.29, 0.717) is 11.1 Å². The number of rotatable bonds is 4. The summed E-state index contributed by atoms with van der Waals surface area (Å²) in [6, 6.07) is 9.23.